The van der Waals surface area contributed by atoms with Crippen molar-refractivity contribution in [1.82, 2.24) is 5.32 Å². The number of halogens is 5. The smallest absolute Gasteiger partial charge is 0.444 e. The number of hydrogen-bond acceptors (Lipinski definition) is 3. The Morgan fingerprint density at radius 2 is 1.55 bits per heavy atom. The first kappa shape index (κ1) is 18.6. The van der Waals surface area contributed by atoms with Crippen LogP contribution >= 0.6 is 0 Å². The molecule has 1 N–H and O–H groups in total. The summed E-state index contributed by atoms with van der Waals surface area (Å²) in [5.41, 5.74) is -0.761. The van der Waals surface area contributed by atoms with Crippen LogP contribution in [0.4, 0.5) is 26.7 Å². The molecule has 0 bridgehead atoms. The van der Waals surface area contributed by atoms with Crippen LogP contribution in [-0.2, 0) is 9.53 Å². The van der Waals surface area contributed by atoms with Crippen LogP contribution in [-0.4, -0.2) is 36.1 Å². The summed E-state index contributed by atoms with van der Waals surface area (Å²) in [6.45, 7) is 4.55. The van der Waals surface area contributed by atoms with Crippen LogP contribution in [0.5, 0.6) is 0 Å². The topological polar surface area (TPSA) is 55.4 Å². The molecule has 0 aromatic heterocycles. The van der Waals surface area contributed by atoms with Crippen LogP contribution in [0, 0.1) is 0 Å². The minimum absolute atomic E-state index is 0.241. The first-order chi connectivity index (χ1) is 8.77. The first-order valence-corrected chi connectivity index (χ1v) is 5.72. The molecule has 0 atom stereocenters. The second-order valence-electron chi connectivity index (χ2n) is 5.03. The van der Waals surface area contributed by atoms with Crippen molar-refractivity contribution in [3.8, 4) is 0 Å². The molecule has 0 radical (unpaired) electrons. The van der Waals surface area contributed by atoms with Crippen molar-refractivity contribution in [3.63, 3.8) is 0 Å². The number of hydrogen-bond donors (Lipinski definition) is 1. The van der Waals surface area contributed by atoms with E-state index in [1.807, 2.05) is 0 Å². The third kappa shape index (κ3) is 6.16. The number of Topliss-reactive ketones (excluding diaryl/α,β-unsaturated/α-hetero) is 1. The molecule has 0 aliphatic heterocycles. The van der Waals surface area contributed by atoms with E-state index in [1.54, 1.807) is 20.8 Å². The van der Waals surface area contributed by atoms with Gasteiger partial charge in [0, 0.05) is 13.0 Å². The Morgan fingerprint density at radius 3 is 1.95 bits per heavy atom. The molecule has 0 aliphatic rings. The van der Waals surface area contributed by atoms with E-state index in [0.717, 1.165) is 0 Å². The summed E-state index contributed by atoms with van der Waals surface area (Å²) < 4.78 is 65.4. The van der Waals surface area contributed by atoms with Gasteiger partial charge in [-0.05, 0) is 27.2 Å². The maximum absolute atomic E-state index is 12.5. The van der Waals surface area contributed by atoms with Gasteiger partial charge in [-0.3, -0.25) is 4.79 Å². The number of alkyl carbamates (subject to hydrolysis) is 1. The zero-order valence-electron chi connectivity index (χ0n) is 11.2. The fourth-order valence-corrected chi connectivity index (χ4v) is 1.07. The second-order valence-corrected chi connectivity index (χ2v) is 5.03. The van der Waals surface area contributed by atoms with Gasteiger partial charge >= 0.3 is 18.2 Å². The first-order valence-electron chi connectivity index (χ1n) is 5.72. The largest absolute Gasteiger partial charge is 0.461 e. The maximum Gasteiger partial charge on any atom is 0.461 e. The number of ketones is 1. The van der Waals surface area contributed by atoms with Gasteiger partial charge in [-0.25, -0.2) is 4.79 Å². The number of ether oxygens (including phenoxy) is 1. The highest BCUT2D eigenvalue weighted by atomic mass is 19.4. The number of nitrogens with one attached hydrogen (secondary N) is 1. The van der Waals surface area contributed by atoms with Crippen LogP contribution in [0.15, 0.2) is 0 Å². The second kappa shape index (κ2) is 6.36. The van der Waals surface area contributed by atoms with Gasteiger partial charge in [0.05, 0.1) is 0 Å². The summed E-state index contributed by atoms with van der Waals surface area (Å²) >= 11 is 0. The summed E-state index contributed by atoms with van der Waals surface area (Å²) in [7, 11) is 0. The summed E-state index contributed by atoms with van der Waals surface area (Å²) in [6, 6.07) is 0. The summed E-state index contributed by atoms with van der Waals surface area (Å²) in [5.74, 6) is -7.59. The Bertz CT molecular complexity index is 360. The Hall–Kier alpha value is -1.41. The van der Waals surface area contributed by atoms with Crippen LogP contribution in [0.25, 0.3) is 0 Å². The Morgan fingerprint density at radius 1 is 1.05 bits per heavy atom. The van der Waals surface area contributed by atoms with Gasteiger partial charge in [0.25, 0.3) is 0 Å². The molecule has 0 aliphatic carbocycles. The van der Waals surface area contributed by atoms with E-state index in [9.17, 15) is 31.5 Å². The molecular weight excluding hydrogens is 289 g/mol. The lowest BCUT2D eigenvalue weighted by atomic mass is 10.1. The summed E-state index contributed by atoms with van der Waals surface area (Å²) in [5, 5.41) is 2.15. The minimum Gasteiger partial charge on any atom is -0.444 e. The highest BCUT2D eigenvalue weighted by molar-refractivity contribution is 5.86. The van der Waals surface area contributed by atoms with Crippen molar-refractivity contribution in [2.45, 2.75) is 51.3 Å². The van der Waals surface area contributed by atoms with Crippen LogP contribution in [0.1, 0.15) is 33.6 Å². The van der Waals surface area contributed by atoms with E-state index in [4.69, 9.17) is 4.74 Å². The van der Waals surface area contributed by atoms with Crippen molar-refractivity contribution in [2.24, 2.45) is 0 Å². The highest BCUT2D eigenvalue weighted by Crippen LogP contribution is 2.36. The van der Waals surface area contributed by atoms with Gasteiger partial charge in [0.2, 0.25) is 5.78 Å². The standard InChI is InChI=1S/C11H16F5NO3/c1-9(2,3)20-8(19)17-6-4-5-7(18)10(12,13)11(14,15)16/h4-6H2,1-3H3,(H,17,19). The molecule has 0 saturated heterocycles. The van der Waals surface area contributed by atoms with Gasteiger partial charge in [-0.1, -0.05) is 0 Å². The summed E-state index contributed by atoms with van der Waals surface area (Å²) in [4.78, 5) is 21.9. The van der Waals surface area contributed by atoms with Gasteiger partial charge in [-0.15, -0.1) is 0 Å². The highest BCUT2D eigenvalue weighted by Gasteiger charge is 2.62. The fraction of sp³-hybridized carbons (Fsp3) is 0.818. The normalized spacial score (nSPS) is 13.0. The van der Waals surface area contributed by atoms with E-state index >= 15 is 0 Å². The molecule has 0 aromatic rings. The van der Waals surface area contributed by atoms with E-state index in [1.165, 1.54) is 0 Å². The molecule has 20 heavy (non-hydrogen) atoms. The Balaban J connectivity index is 4.09. The van der Waals surface area contributed by atoms with Crippen LogP contribution < -0.4 is 5.32 Å². The molecule has 0 aromatic carbocycles. The molecule has 0 fully saturated rings. The molecule has 0 spiro atoms. The van der Waals surface area contributed by atoms with Gasteiger partial charge in [0.1, 0.15) is 5.60 Å². The maximum atomic E-state index is 12.5. The zero-order chi connectivity index (χ0) is 16.2. The molecule has 0 unspecified atom stereocenters. The molecule has 1 amide bonds. The fourth-order valence-electron chi connectivity index (χ4n) is 1.07. The van der Waals surface area contributed by atoms with Crippen molar-refractivity contribution in [1.29, 1.82) is 0 Å². The predicted molar refractivity (Wildman–Crippen MR) is 59.5 cm³/mol. The Kier molecular flexibility index (Phi) is 5.91. The lowest BCUT2D eigenvalue weighted by Crippen LogP contribution is -2.44. The predicted octanol–water partition coefficient (Wildman–Crippen LogP) is 3.06. The van der Waals surface area contributed by atoms with Gasteiger partial charge in [0.15, 0.2) is 0 Å². The van der Waals surface area contributed by atoms with Gasteiger partial charge in [-0.2, -0.15) is 22.0 Å². The number of rotatable bonds is 5. The third-order valence-electron chi connectivity index (χ3n) is 1.96. The molecule has 0 heterocycles. The molecule has 0 rings (SSSR count). The van der Waals surface area contributed by atoms with Crippen molar-refractivity contribution >= 4 is 11.9 Å². The summed E-state index contributed by atoms with van der Waals surface area (Å²) in [6.07, 6.45) is -8.08. The molecule has 4 nitrogen and oxygen atoms in total. The molecule has 118 valence electrons. The van der Waals surface area contributed by atoms with Crippen LogP contribution in [0.2, 0.25) is 0 Å². The molecule has 9 heteroatoms. The molecule has 0 saturated carbocycles. The average molecular weight is 305 g/mol. The lowest BCUT2D eigenvalue weighted by molar-refractivity contribution is -0.268. The van der Waals surface area contributed by atoms with E-state index in [2.05, 4.69) is 5.32 Å². The van der Waals surface area contributed by atoms with Crippen molar-refractivity contribution in [3.05, 3.63) is 0 Å². The zero-order valence-corrected chi connectivity index (χ0v) is 11.2. The Labute approximate surface area is 112 Å². The molecular formula is C11H16F5NO3. The van der Waals surface area contributed by atoms with Crippen LogP contribution in [0.3, 0.4) is 0 Å². The van der Waals surface area contributed by atoms with Gasteiger partial charge < -0.3 is 10.1 Å². The van der Waals surface area contributed by atoms with E-state index in [0.29, 0.717) is 0 Å². The minimum atomic E-state index is -5.90. The SMILES string of the molecule is CC(C)(C)OC(=O)NCCCC(=O)C(F)(F)C(F)(F)F. The number of carbonyl (C=O) groups is 2. The van der Waals surface area contributed by atoms with Crippen molar-refractivity contribution in [2.75, 3.05) is 6.54 Å². The van der Waals surface area contributed by atoms with E-state index < -0.39 is 36.0 Å². The quantitative estimate of drug-likeness (QED) is 0.627. The monoisotopic (exact) mass is 305 g/mol. The number of carbonyl (C=O) groups excluding carboxylic acids is 2. The third-order valence-corrected chi connectivity index (χ3v) is 1.96. The number of amides is 1. The van der Waals surface area contributed by atoms with Crippen molar-refractivity contribution < 1.29 is 36.3 Å². The number of alkyl halides is 5. The average Bonchev–Trinajstić information content (AvgIpc) is 2.19. The lowest BCUT2D eigenvalue weighted by Gasteiger charge is -2.20. The van der Waals surface area contributed by atoms with E-state index in [-0.39, 0.29) is 13.0 Å².